The van der Waals surface area contributed by atoms with Crippen LogP contribution < -0.4 is 4.74 Å². The van der Waals surface area contributed by atoms with E-state index in [2.05, 4.69) is 0 Å². The van der Waals surface area contributed by atoms with Crippen molar-refractivity contribution in [1.29, 1.82) is 0 Å². The number of carbonyl (C=O) groups is 2. The first-order chi connectivity index (χ1) is 13.8. The van der Waals surface area contributed by atoms with Crippen LogP contribution in [0.25, 0.3) is 0 Å². The number of aliphatic hydroxyl groups excluding tert-OH is 1. The molecule has 1 fully saturated rings. The monoisotopic (exact) mass is 406 g/mol. The summed E-state index contributed by atoms with van der Waals surface area (Å²) in [5.41, 5.74) is 0.399. The summed E-state index contributed by atoms with van der Waals surface area (Å²) < 4.78 is 5.70. The van der Waals surface area contributed by atoms with Crippen LogP contribution in [0.2, 0.25) is 0 Å². The summed E-state index contributed by atoms with van der Waals surface area (Å²) >= 11 is 0. The van der Waals surface area contributed by atoms with Crippen molar-refractivity contribution < 1.29 is 24.4 Å². The number of nitrogens with zero attached hydrogens (tertiary/aromatic N) is 2. The van der Waals surface area contributed by atoms with Crippen molar-refractivity contribution in [2.24, 2.45) is 0 Å². The first-order valence-corrected chi connectivity index (χ1v) is 10.2. The number of aliphatic hydroxyl groups is 1. The second-order valence-electron chi connectivity index (χ2n) is 7.58. The highest BCUT2D eigenvalue weighted by Gasteiger charge is 2.32. The average Bonchev–Trinajstić information content (AvgIpc) is 2.70. The van der Waals surface area contributed by atoms with E-state index in [1.807, 2.05) is 0 Å². The number of amides is 1. The number of piperidine rings is 1. The molecule has 1 atom stereocenters. The second kappa shape index (κ2) is 10.9. The van der Waals surface area contributed by atoms with Crippen molar-refractivity contribution in [1.82, 2.24) is 4.90 Å². The Kier molecular flexibility index (Phi) is 8.57. The summed E-state index contributed by atoms with van der Waals surface area (Å²) in [4.78, 5) is 36.5. The highest BCUT2D eigenvalue weighted by atomic mass is 16.6. The lowest BCUT2D eigenvalue weighted by atomic mass is 10.00. The van der Waals surface area contributed by atoms with Gasteiger partial charge in [0.05, 0.1) is 30.2 Å². The Balaban J connectivity index is 2.12. The molecular weight excluding hydrogens is 376 g/mol. The molecule has 0 saturated carbocycles. The van der Waals surface area contributed by atoms with Crippen LogP contribution in [0.5, 0.6) is 5.75 Å². The molecule has 1 aliphatic heterocycles. The highest BCUT2D eigenvalue weighted by Crippen LogP contribution is 2.31. The van der Waals surface area contributed by atoms with Gasteiger partial charge in [0, 0.05) is 13.0 Å². The van der Waals surface area contributed by atoms with Crippen molar-refractivity contribution >= 4 is 17.4 Å². The fourth-order valence-corrected chi connectivity index (χ4v) is 3.60. The number of ketones is 1. The molecule has 2 rings (SSSR count). The zero-order chi connectivity index (χ0) is 21.4. The molecular formula is C21H30N2O6. The minimum absolute atomic E-state index is 0.0293. The van der Waals surface area contributed by atoms with E-state index in [1.165, 1.54) is 12.1 Å². The molecule has 29 heavy (non-hydrogen) atoms. The van der Waals surface area contributed by atoms with Crippen molar-refractivity contribution in [3.8, 4) is 5.75 Å². The first kappa shape index (κ1) is 22.8. The predicted octanol–water partition coefficient (Wildman–Crippen LogP) is 3.42. The van der Waals surface area contributed by atoms with Crippen LogP contribution in [-0.2, 0) is 4.79 Å². The van der Waals surface area contributed by atoms with Gasteiger partial charge < -0.3 is 19.5 Å². The lowest BCUT2D eigenvalue weighted by Crippen LogP contribution is -2.45. The van der Waals surface area contributed by atoms with Gasteiger partial charge in [-0.25, -0.2) is 0 Å². The molecule has 1 aromatic carbocycles. The topological polar surface area (TPSA) is 110 Å². The van der Waals surface area contributed by atoms with Gasteiger partial charge in [0.25, 0.3) is 11.6 Å². The number of carbonyl (C=O) groups excluding carboxylic acids is 2. The average molecular weight is 406 g/mol. The molecule has 1 saturated heterocycles. The Bertz CT molecular complexity index is 749. The van der Waals surface area contributed by atoms with Crippen LogP contribution in [-0.4, -0.2) is 52.4 Å². The van der Waals surface area contributed by atoms with Crippen LogP contribution in [0.4, 0.5) is 5.69 Å². The number of hydrogen-bond acceptors (Lipinski definition) is 6. The normalized spacial score (nSPS) is 16.5. The Hall–Kier alpha value is -2.48. The molecule has 1 aromatic rings. The number of aryl methyl sites for hydroxylation is 1. The number of Topliss-reactive ketones (excluding diaryl/α,β-unsaturated/α-hetero) is 1. The van der Waals surface area contributed by atoms with E-state index in [4.69, 9.17) is 4.74 Å². The summed E-state index contributed by atoms with van der Waals surface area (Å²) in [7, 11) is 0. The van der Waals surface area contributed by atoms with Crippen LogP contribution >= 0.6 is 0 Å². The number of ether oxygens (including phenoxy) is 1. The summed E-state index contributed by atoms with van der Waals surface area (Å²) in [5, 5.41) is 21.2. The van der Waals surface area contributed by atoms with Gasteiger partial charge in [-0.05, 0) is 64.0 Å². The maximum Gasteiger partial charge on any atom is 0.285 e. The smallest absolute Gasteiger partial charge is 0.285 e. The van der Waals surface area contributed by atoms with Crippen LogP contribution in [0.15, 0.2) is 12.1 Å². The lowest BCUT2D eigenvalue weighted by Gasteiger charge is -2.34. The van der Waals surface area contributed by atoms with Gasteiger partial charge in [0.2, 0.25) is 0 Å². The maximum absolute atomic E-state index is 13.0. The first-order valence-electron chi connectivity index (χ1n) is 10.2. The largest absolute Gasteiger partial charge is 0.493 e. The number of benzene rings is 1. The fraction of sp³-hybridized carbons (Fsp3) is 0.619. The third-order valence-electron chi connectivity index (χ3n) is 5.25. The highest BCUT2D eigenvalue weighted by molar-refractivity contribution is 5.99. The van der Waals surface area contributed by atoms with Crippen molar-refractivity contribution in [3.63, 3.8) is 0 Å². The molecule has 1 heterocycles. The van der Waals surface area contributed by atoms with E-state index in [0.29, 0.717) is 37.3 Å². The summed E-state index contributed by atoms with van der Waals surface area (Å²) in [6.45, 7) is 4.05. The number of nitro groups is 1. The van der Waals surface area contributed by atoms with Gasteiger partial charge in [-0.15, -0.1) is 0 Å². The minimum Gasteiger partial charge on any atom is -0.493 e. The molecule has 8 heteroatoms. The Morgan fingerprint density at radius 2 is 2.03 bits per heavy atom. The molecule has 0 aliphatic carbocycles. The number of rotatable bonds is 10. The van der Waals surface area contributed by atoms with Crippen molar-refractivity contribution in [2.75, 3.05) is 19.8 Å². The van der Waals surface area contributed by atoms with Gasteiger partial charge in [0.1, 0.15) is 17.1 Å². The second-order valence-corrected chi connectivity index (χ2v) is 7.58. The van der Waals surface area contributed by atoms with Gasteiger partial charge in [0.15, 0.2) is 0 Å². The standard InChI is InChI=1S/C21H30N2O6/c1-15-12-18(21(26)22-10-6-5-9-17(22)14-24)19(23(27)28)13-20(15)29-11-7-3-4-8-16(2)25/h12-13,17,24H,3-11,14H2,1-2H3/t17-/m0/s1. The predicted molar refractivity (Wildman–Crippen MR) is 108 cm³/mol. The molecule has 0 bridgehead atoms. The maximum atomic E-state index is 13.0. The molecule has 1 amide bonds. The summed E-state index contributed by atoms with van der Waals surface area (Å²) in [6, 6.07) is 2.52. The molecule has 0 spiro atoms. The number of nitro benzene ring substituents is 1. The SMILES string of the molecule is CC(=O)CCCCCOc1cc([N+](=O)[O-])c(C(=O)N2CCCC[C@H]2CO)cc1C. The molecule has 0 aromatic heterocycles. The van der Waals surface area contributed by atoms with Gasteiger partial charge in [-0.2, -0.15) is 0 Å². The quantitative estimate of drug-likeness (QED) is 0.362. The third-order valence-corrected chi connectivity index (χ3v) is 5.25. The van der Waals surface area contributed by atoms with Crippen LogP contribution in [0.1, 0.15) is 67.8 Å². The number of likely N-dealkylation sites (tertiary alicyclic amines) is 1. The molecule has 8 nitrogen and oxygen atoms in total. The summed E-state index contributed by atoms with van der Waals surface area (Å²) in [6.07, 6.45) is 5.37. The van der Waals surface area contributed by atoms with Gasteiger partial charge in [-0.1, -0.05) is 0 Å². The van der Waals surface area contributed by atoms with Gasteiger partial charge in [-0.3, -0.25) is 14.9 Å². The molecule has 0 unspecified atom stereocenters. The summed E-state index contributed by atoms with van der Waals surface area (Å²) in [5.74, 6) is 0.126. The third kappa shape index (κ3) is 6.25. The Morgan fingerprint density at radius 1 is 1.28 bits per heavy atom. The van der Waals surface area contributed by atoms with E-state index >= 15 is 0 Å². The molecule has 0 radical (unpaired) electrons. The molecule has 1 N–H and O–H groups in total. The van der Waals surface area contributed by atoms with E-state index < -0.39 is 10.8 Å². The van der Waals surface area contributed by atoms with Crippen molar-refractivity contribution in [2.45, 2.75) is 64.8 Å². The van der Waals surface area contributed by atoms with Crippen LogP contribution in [0, 0.1) is 17.0 Å². The Morgan fingerprint density at radius 3 is 2.69 bits per heavy atom. The van der Waals surface area contributed by atoms with Crippen molar-refractivity contribution in [3.05, 3.63) is 33.4 Å². The number of unbranched alkanes of at least 4 members (excludes halogenated alkanes) is 2. The molecule has 1 aliphatic rings. The van der Waals surface area contributed by atoms with E-state index in [1.54, 1.807) is 18.7 Å². The molecule has 160 valence electrons. The number of hydrogen-bond donors (Lipinski definition) is 1. The fourth-order valence-electron chi connectivity index (χ4n) is 3.60. The zero-order valence-electron chi connectivity index (χ0n) is 17.2. The lowest BCUT2D eigenvalue weighted by molar-refractivity contribution is -0.385. The van der Waals surface area contributed by atoms with Crippen LogP contribution in [0.3, 0.4) is 0 Å². The minimum atomic E-state index is -0.565. The van der Waals surface area contributed by atoms with Gasteiger partial charge >= 0.3 is 0 Å². The van der Waals surface area contributed by atoms with E-state index in [-0.39, 0.29) is 29.7 Å². The zero-order valence-corrected chi connectivity index (χ0v) is 17.2. The van der Waals surface area contributed by atoms with E-state index in [0.717, 1.165) is 32.1 Å². The van der Waals surface area contributed by atoms with E-state index in [9.17, 15) is 24.8 Å². The Labute approximate surface area is 171 Å².